The van der Waals surface area contributed by atoms with Crippen LogP contribution in [-0.2, 0) is 17.1 Å². The van der Waals surface area contributed by atoms with Gasteiger partial charge in [-0.1, -0.05) is 25.7 Å². The first-order valence-electron chi connectivity index (χ1n) is 7.72. The number of aryl methyl sites for hydroxylation is 1. The molecule has 1 aromatic rings. The van der Waals surface area contributed by atoms with Crippen molar-refractivity contribution >= 4 is 10.0 Å². The van der Waals surface area contributed by atoms with Crippen molar-refractivity contribution in [3.8, 4) is 0 Å². The molecule has 1 aromatic heterocycles. The minimum Gasteiger partial charge on any atom is -0.313 e. The van der Waals surface area contributed by atoms with Gasteiger partial charge in [-0.3, -0.25) is 4.68 Å². The summed E-state index contributed by atoms with van der Waals surface area (Å²) in [4.78, 5) is 0.263. The van der Waals surface area contributed by atoms with E-state index in [0.29, 0.717) is 24.8 Å². The summed E-state index contributed by atoms with van der Waals surface area (Å²) >= 11 is 0. The second-order valence-electron chi connectivity index (χ2n) is 5.76. The van der Waals surface area contributed by atoms with Crippen LogP contribution in [0.2, 0.25) is 0 Å². The second-order valence-corrected chi connectivity index (χ2v) is 7.49. The van der Waals surface area contributed by atoms with Gasteiger partial charge in [0.25, 0.3) is 0 Å². The fourth-order valence-electron chi connectivity index (χ4n) is 2.77. The highest BCUT2D eigenvalue weighted by molar-refractivity contribution is 7.89. The summed E-state index contributed by atoms with van der Waals surface area (Å²) in [6.45, 7) is 2.84. The van der Waals surface area contributed by atoms with E-state index >= 15 is 0 Å². The Morgan fingerprint density at radius 1 is 1.24 bits per heavy atom. The Balaban J connectivity index is 1.78. The number of nitrogens with one attached hydrogen (secondary N) is 2. The molecule has 0 unspecified atom stereocenters. The molecule has 2 rings (SSSR count). The Labute approximate surface area is 127 Å². The molecule has 1 fully saturated rings. The van der Waals surface area contributed by atoms with Gasteiger partial charge in [0.15, 0.2) is 0 Å². The van der Waals surface area contributed by atoms with Crippen LogP contribution in [0, 0.1) is 6.92 Å². The van der Waals surface area contributed by atoms with Crippen LogP contribution in [0.25, 0.3) is 0 Å². The Bertz CT molecular complexity index is 545. The summed E-state index contributed by atoms with van der Waals surface area (Å²) in [5, 5.41) is 7.43. The SMILES string of the molecule is Cc1c(S(=O)(=O)NCCNC2CCCCCC2)cnn1C. The molecule has 0 spiro atoms. The van der Waals surface area contributed by atoms with Gasteiger partial charge < -0.3 is 5.32 Å². The average molecular weight is 314 g/mol. The monoisotopic (exact) mass is 314 g/mol. The van der Waals surface area contributed by atoms with Crippen LogP contribution >= 0.6 is 0 Å². The van der Waals surface area contributed by atoms with E-state index in [1.807, 2.05) is 0 Å². The molecular formula is C14H26N4O2S. The van der Waals surface area contributed by atoms with Gasteiger partial charge in [0.05, 0.1) is 11.9 Å². The summed E-state index contributed by atoms with van der Waals surface area (Å²) in [5.74, 6) is 0. The first-order valence-corrected chi connectivity index (χ1v) is 9.20. The minimum absolute atomic E-state index is 0.263. The third-order valence-electron chi connectivity index (χ3n) is 4.18. The standard InChI is InChI=1S/C14H26N4O2S/c1-12-14(11-16-18(12)2)21(19,20)17-10-9-15-13-7-5-3-4-6-8-13/h11,13,15,17H,3-10H2,1-2H3. The highest BCUT2D eigenvalue weighted by Gasteiger charge is 2.19. The second kappa shape index (κ2) is 7.38. The zero-order valence-electron chi connectivity index (χ0n) is 12.9. The van der Waals surface area contributed by atoms with E-state index in [1.165, 1.54) is 44.7 Å². The van der Waals surface area contributed by atoms with Crippen molar-refractivity contribution in [2.45, 2.75) is 56.4 Å². The van der Waals surface area contributed by atoms with Crippen molar-refractivity contribution in [1.82, 2.24) is 19.8 Å². The van der Waals surface area contributed by atoms with Crippen molar-refractivity contribution in [3.05, 3.63) is 11.9 Å². The minimum atomic E-state index is -3.45. The molecule has 0 bridgehead atoms. The third kappa shape index (κ3) is 4.52. The molecule has 1 saturated carbocycles. The molecule has 6 nitrogen and oxygen atoms in total. The van der Waals surface area contributed by atoms with E-state index in [0.717, 1.165) is 0 Å². The van der Waals surface area contributed by atoms with Gasteiger partial charge >= 0.3 is 0 Å². The van der Waals surface area contributed by atoms with Gasteiger partial charge in [0, 0.05) is 26.2 Å². The molecule has 0 saturated heterocycles. The molecule has 0 amide bonds. The van der Waals surface area contributed by atoms with Crippen LogP contribution in [-0.4, -0.2) is 37.3 Å². The lowest BCUT2D eigenvalue weighted by atomic mass is 10.1. The van der Waals surface area contributed by atoms with Crippen molar-refractivity contribution in [2.75, 3.05) is 13.1 Å². The number of aromatic nitrogens is 2. The number of hydrogen-bond acceptors (Lipinski definition) is 4. The lowest BCUT2D eigenvalue weighted by molar-refractivity contribution is 0.461. The van der Waals surface area contributed by atoms with Crippen LogP contribution in [0.15, 0.2) is 11.1 Å². The van der Waals surface area contributed by atoms with Crippen LogP contribution < -0.4 is 10.0 Å². The lowest BCUT2D eigenvalue weighted by Gasteiger charge is -2.16. The summed E-state index contributed by atoms with van der Waals surface area (Å²) in [7, 11) is -1.72. The number of hydrogen-bond donors (Lipinski definition) is 2. The molecule has 21 heavy (non-hydrogen) atoms. The Kier molecular flexibility index (Phi) is 5.78. The largest absolute Gasteiger partial charge is 0.313 e. The van der Waals surface area contributed by atoms with Crippen LogP contribution in [0.4, 0.5) is 0 Å². The van der Waals surface area contributed by atoms with Crippen molar-refractivity contribution in [1.29, 1.82) is 0 Å². The number of sulfonamides is 1. The summed E-state index contributed by atoms with van der Waals surface area (Å²) in [6.07, 6.45) is 9.01. The first kappa shape index (κ1) is 16.5. The van der Waals surface area contributed by atoms with Gasteiger partial charge in [-0.2, -0.15) is 5.10 Å². The van der Waals surface area contributed by atoms with E-state index in [1.54, 1.807) is 18.7 Å². The molecule has 0 radical (unpaired) electrons. The molecular weight excluding hydrogens is 288 g/mol. The van der Waals surface area contributed by atoms with E-state index in [2.05, 4.69) is 15.1 Å². The zero-order valence-corrected chi connectivity index (χ0v) is 13.7. The Morgan fingerprint density at radius 3 is 2.48 bits per heavy atom. The molecule has 1 aliphatic carbocycles. The zero-order chi connectivity index (χ0) is 15.3. The molecule has 1 aliphatic rings. The maximum Gasteiger partial charge on any atom is 0.244 e. The summed E-state index contributed by atoms with van der Waals surface area (Å²) < 4.78 is 28.6. The average Bonchev–Trinajstić information content (AvgIpc) is 2.68. The highest BCUT2D eigenvalue weighted by Crippen LogP contribution is 2.17. The summed E-state index contributed by atoms with van der Waals surface area (Å²) in [6, 6.07) is 0.539. The fourth-order valence-corrected chi connectivity index (χ4v) is 4.00. The maximum atomic E-state index is 12.2. The number of nitrogens with zero attached hydrogens (tertiary/aromatic N) is 2. The molecule has 120 valence electrons. The van der Waals surface area contributed by atoms with Crippen LogP contribution in [0.5, 0.6) is 0 Å². The van der Waals surface area contributed by atoms with E-state index in [-0.39, 0.29) is 4.90 Å². The van der Waals surface area contributed by atoms with Gasteiger partial charge in [-0.05, 0) is 19.8 Å². The van der Waals surface area contributed by atoms with Crippen LogP contribution in [0.3, 0.4) is 0 Å². The van der Waals surface area contributed by atoms with Crippen molar-refractivity contribution in [3.63, 3.8) is 0 Å². The quantitative estimate of drug-likeness (QED) is 0.613. The number of rotatable bonds is 6. The molecule has 0 aliphatic heterocycles. The third-order valence-corrected chi connectivity index (χ3v) is 5.75. The predicted molar refractivity (Wildman–Crippen MR) is 82.6 cm³/mol. The lowest BCUT2D eigenvalue weighted by Crippen LogP contribution is -2.37. The molecule has 2 N–H and O–H groups in total. The first-order chi connectivity index (χ1) is 10.0. The van der Waals surface area contributed by atoms with Crippen LogP contribution in [0.1, 0.15) is 44.2 Å². The van der Waals surface area contributed by atoms with Crippen molar-refractivity contribution in [2.24, 2.45) is 7.05 Å². The van der Waals surface area contributed by atoms with E-state index in [9.17, 15) is 8.42 Å². The molecule has 0 aromatic carbocycles. The summed E-state index contributed by atoms with van der Waals surface area (Å²) in [5.41, 5.74) is 0.652. The Hall–Kier alpha value is -0.920. The topological polar surface area (TPSA) is 76.0 Å². The van der Waals surface area contributed by atoms with Gasteiger partial charge in [0.1, 0.15) is 4.90 Å². The molecule has 0 atom stereocenters. The maximum absolute atomic E-state index is 12.2. The molecule has 1 heterocycles. The van der Waals surface area contributed by atoms with Gasteiger partial charge in [0.2, 0.25) is 10.0 Å². The van der Waals surface area contributed by atoms with E-state index < -0.39 is 10.0 Å². The Morgan fingerprint density at radius 2 is 1.90 bits per heavy atom. The molecule has 7 heteroatoms. The normalized spacial score (nSPS) is 17.8. The smallest absolute Gasteiger partial charge is 0.244 e. The van der Waals surface area contributed by atoms with Gasteiger partial charge in [-0.25, -0.2) is 13.1 Å². The van der Waals surface area contributed by atoms with E-state index in [4.69, 9.17) is 0 Å². The predicted octanol–water partition coefficient (Wildman–Crippen LogP) is 1.32. The van der Waals surface area contributed by atoms with Gasteiger partial charge in [-0.15, -0.1) is 0 Å². The highest BCUT2D eigenvalue weighted by atomic mass is 32.2. The fraction of sp³-hybridized carbons (Fsp3) is 0.786. The van der Waals surface area contributed by atoms with Crippen molar-refractivity contribution < 1.29 is 8.42 Å².